The van der Waals surface area contributed by atoms with Crippen LogP contribution in [0.5, 0.6) is 5.75 Å². The van der Waals surface area contributed by atoms with Crippen LogP contribution in [0.15, 0.2) is 48.5 Å². The molecule has 0 amide bonds. The Morgan fingerprint density at radius 2 is 1.90 bits per heavy atom. The average molecular weight is 286 g/mol. The maximum atomic E-state index is 14.1. The van der Waals surface area contributed by atoms with E-state index in [-0.39, 0.29) is 11.9 Å². The summed E-state index contributed by atoms with van der Waals surface area (Å²) in [6, 6.07) is 14.7. The molecule has 3 nitrogen and oxygen atoms in total. The van der Waals surface area contributed by atoms with Crippen molar-refractivity contribution >= 4 is 0 Å². The molecular formula is C17H19FN2O. The summed E-state index contributed by atoms with van der Waals surface area (Å²) >= 11 is 0. The fourth-order valence-electron chi connectivity index (χ4n) is 2.73. The van der Waals surface area contributed by atoms with Crippen LogP contribution >= 0.6 is 0 Å². The zero-order valence-corrected chi connectivity index (χ0v) is 11.8. The maximum absolute atomic E-state index is 14.1. The predicted octanol–water partition coefficient (Wildman–Crippen LogP) is 2.72. The number of fused-ring (bicyclic) bond motifs is 1. The number of nitrogens with two attached hydrogens (primary N) is 1. The third-order valence-electron chi connectivity index (χ3n) is 3.76. The molecule has 3 rings (SSSR count). The molecule has 1 heterocycles. The van der Waals surface area contributed by atoms with Crippen LogP contribution in [0.2, 0.25) is 0 Å². The first-order valence-corrected chi connectivity index (χ1v) is 7.19. The third-order valence-corrected chi connectivity index (χ3v) is 3.76. The Kier molecular flexibility index (Phi) is 4.18. The van der Waals surface area contributed by atoms with Crippen molar-refractivity contribution in [2.24, 2.45) is 5.73 Å². The lowest BCUT2D eigenvalue weighted by Gasteiger charge is -2.23. The van der Waals surface area contributed by atoms with Crippen LogP contribution in [-0.2, 0) is 6.54 Å². The van der Waals surface area contributed by atoms with Crippen molar-refractivity contribution in [1.82, 2.24) is 4.90 Å². The minimum absolute atomic E-state index is 0.227. The maximum Gasteiger partial charge on any atom is 0.139 e. The summed E-state index contributed by atoms with van der Waals surface area (Å²) in [5.74, 6) is 0.597. The summed E-state index contributed by atoms with van der Waals surface area (Å²) in [6.45, 7) is 2.75. The third kappa shape index (κ3) is 3.06. The van der Waals surface area contributed by atoms with Crippen molar-refractivity contribution < 1.29 is 9.13 Å². The van der Waals surface area contributed by atoms with Crippen LogP contribution in [0.25, 0.3) is 0 Å². The second kappa shape index (κ2) is 6.24. The Bertz CT molecular complexity index is 617. The standard InChI is InChI=1S/C17H19FN2O/c18-15-7-3-2-6-14(15)17-12-20(10-9-19)11-13-5-1-4-8-16(13)21-17/h1-8,17H,9-12,19H2. The number of para-hydroxylation sites is 1. The summed E-state index contributed by atoms with van der Waals surface area (Å²) in [5, 5.41) is 0. The van der Waals surface area contributed by atoms with E-state index in [1.54, 1.807) is 12.1 Å². The van der Waals surface area contributed by atoms with Gasteiger partial charge in [0.15, 0.2) is 0 Å². The van der Waals surface area contributed by atoms with E-state index in [1.165, 1.54) is 6.07 Å². The molecule has 0 aliphatic carbocycles. The zero-order chi connectivity index (χ0) is 14.7. The van der Waals surface area contributed by atoms with E-state index in [0.29, 0.717) is 18.7 Å². The van der Waals surface area contributed by atoms with Crippen LogP contribution in [0, 0.1) is 5.82 Å². The monoisotopic (exact) mass is 286 g/mol. The number of hydrogen-bond donors (Lipinski definition) is 1. The van der Waals surface area contributed by atoms with Gasteiger partial charge in [0.1, 0.15) is 17.7 Å². The topological polar surface area (TPSA) is 38.5 Å². The Labute approximate surface area is 124 Å². The molecule has 1 aliphatic rings. The Balaban J connectivity index is 1.96. The van der Waals surface area contributed by atoms with Crippen LogP contribution < -0.4 is 10.5 Å². The number of ether oxygens (including phenoxy) is 1. The van der Waals surface area contributed by atoms with E-state index in [1.807, 2.05) is 30.3 Å². The van der Waals surface area contributed by atoms with Crippen LogP contribution in [0.1, 0.15) is 17.2 Å². The summed E-state index contributed by atoms with van der Waals surface area (Å²) in [7, 11) is 0. The molecule has 0 saturated carbocycles. The number of benzene rings is 2. The molecule has 2 aromatic carbocycles. The summed E-state index contributed by atoms with van der Waals surface area (Å²) in [5.41, 5.74) is 7.40. The van der Waals surface area contributed by atoms with Gasteiger partial charge in [-0.15, -0.1) is 0 Å². The molecule has 0 fully saturated rings. The van der Waals surface area contributed by atoms with Gasteiger partial charge in [-0.2, -0.15) is 0 Å². The molecule has 0 aromatic heterocycles. The van der Waals surface area contributed by atoms with E-state index < -0.39 is 0 Å². The molecule has 1 aliphatic heterocycles. The quantitative estimate of drug-likeness (QED) is 0.943. The van der Waals surface area contributed by atoms with Crippen molar-refractivity contribution in [2.75, 3.05) is 19.6 Å². The van der Waals surface area contributed by atoms with E-state index >= 15 is 0 Å². The van der Waals surface area contributed by atoms with Gasteiger partial charge in [0, 0.05) is 37.3 Å². The fourth-order valence-corrected chi connectivity index (χ4v) is 2.73. The van der Waals surface area contributed by atoms with Gasteiger partial charge in [-0.1, -0.05) is 36.4 Å². The largest absolute Gasteiger partial charge is 0.484 e. The molecule has 0 bridgehead atoms. The first-order valence-electron chi connectivity index (χ1n) is 7.19. The molecule has 2 aromatic rings. The van der Waals surface area contributed by atoms with Gasteiger partial charge >= 0.3 is 0 Å². The second-order valence-electron chi connectivity index (χ2n) is 5.26. The minimum Gasteiger partial charge on any atom is -0.484 e. The molecule has 110 valence electrons. The SMILES string of the molecule is NCCN1Cc2ccccc2OC(c2ccccc2F)C1. The number of hydrogen-bond acceptors (Lipinski definition) is 3. The molecule has 2 N–H and O–H groups in total. The van der Waals surface area contributed by atoms with Gasteiger partial charge in [-0.25, -0.2) is 4.39 Å². The number of nitrogens with zero attached hydrogens (tertiary/aromatic N) is 1. The van der Waals surface area contributed by atoms with Crippen molar-refractivity contribution in [1.29, 1.82) is 0 Å². The van der Waals surface area contributed by atoms with E-state index in [0.717, 1.165) is 24.4 Å². The van der Waals surface area contributed by atoms with Gasteiger partial charge in [0.05, 0.1) is 0 Å². The van der Waals surface area contributed by atoms with Crippen LogP contribution in [0.4, 0.5) is 4.39 Å². The van der Waals surface area contributed by atoms with Gasteiger partial charge in [-0.3, -0.25) is 4.90 Å². The minimum atomic E-state index is -0.318. The lowest BCUT2D eigenvalue weighted by atomic mass is 10.1. The molecular weight excluding hydrogens is 267 g/mol. The van der Waals surface area contributed by atoms with Crippen molar-refractivity contribution in [3.63, 3.8) is 0 Å². The lowest BCUT2D eigenvalue weighted by Crippen LogP contribution is -2.32. The first kappa shape index (κ1) is 14.0. The number of rotatable bonds is 3. The van der Waals surface area contributed by atoms with Gasteiger partial charge < -0.3 is 10.5 Å². The summed E-state index contributed by atoms with van der Waals surface area (Å²) in [4.78, 5) is 2.21. The molecule has 1 atom stereocenters. The fraction of sp³-hybridized carbons (Fsp3) is 0.294. The van der Waals surface area contributed by atoms with E-state index in [2.05, 4.69) is 4.90 Å². The van der Waals surface area contributed by atoms with Crippen molar-refractivity contribution in [3.05, 3.63) is 65.5 Å². The van der Waals surface area contributed by atoms with Crippen molar-refractivity contribution in [2.45, 2.75) is 12.6 Å². The highest BCUT2D eigenvalue weighted by atomic mass is 19.1. The molecule has 0 spiro atoms. The molecule has 4 heteroatoms. The first-order chi connectivity index (χ1) is 10.3. The van der Waals surface area contributed by atoms with Crippen LogP contribution in [-0.4, -0.2) is 24.5 Å². The molecule has 0 saturated heterocycles. The Morgan fingerprint density at radius 1 is 1.14 bits per heavy atom. The Hall–Kier alpha value is -1.91. The van der Waals surface area contributed by atoms with Crippen molar-refractivity contribution in [3.8, 4) is 5.75 Å². The predicted molar refractivity (Wildman–Crippen MR) is 80.5 cm³/mol. The van der Waals surface area contributed by atoms with E-state index in [4.69, 9.17) is 10.5 Å². The average Bonchev–Trinajstić information content (AvgIpc) is 2.67. The summed E-state index contributed by atoms with van der Waals surface area (Å²) in [6.07, 6.45) is -0.318. The lowest BCUT2D eigenvalue weighted by molar-refractivity contribution is 0.147. The highest BCUT2D eigenvalue weighted by Crippen LogP contribution is 2.31. The molecule has 1 unspecified atom stereocenters. The smallest absolute Gasteiger partial charge is 0.139 e. The second-order valence-corrected chi connectivity index (χ2v) is 5.26. The zero-order valence-electron chi connectivity index (χ0n) is 11.8. The van der Waals surface area contributed by atoms with Gasteiger partial charge in [0.25, 0.3) is 0 Å². The van der Waals surface area contributed by atoms with Gasteiger partial charge in [-0.05, 0) is 12.1 Å². The van der Waals surface area contributed by atoms with Gasteiger partial charge in [0.2, 0.25) is 0 Å². The molecule has 0 radical (unpaired) electrons. The van der Waals surface area contributed by atoms with Crippen LogP contribution in [0.3, 0.4) is 0 Å². The Morgan fingerprint density at radius 3 is 2.71 bits per heavy atom. The normalized spacial score (nSPS) is 18.7. The molecule has 21 heavy (non-hydrogen) atoms. The number of halogens is 1. The highest BCUT2D eigenvalue weighted by Gasteiger charge is 2.25. The summed E-state index contributed by atoms with van der Waals surface area (Å²) < 4.78 is 20.2. The highest BCUT2D eigenvalue weighted by molar-refractivity contribution is 5.35. The van der Waals surface area contributed by atoms with E-state index in [9.17, 15) is 4.39 Å².